The van der Waals surface area contributed by atoms with Crippen LogP contribution in [0.1, 0.15) is 45.1 Å². The zero-order chi connectivity index (χ0) is 30.3. The molecular formula is C31H35BrFN3O5S. The van der Waals surface area contributed by atoms with Crippen LogP contribution in [0.4, 0.5) is 10.1 Å². The summed E-state index contributed by atoms with van der Waals surface area (Å²) in [7, 11) is -4.27. The maximum Gasteiger partial charge on any atom is 0.264 e. The van der Waals surface area contributed by atoms with Gasteiger partial charge in [0, 0.05) is 17.1 Å². The molecule has 3 aromatic carbocycles. The van der Waals surface area contributed by atoms with Crippen molar-refractivity contribution in [1.29, 1.82) is 0 Å². The van der Waals surface area contributed by atoms with Gasteiger partial charge >= 0.3 is 0 Å². The number of anilines is 1. The molecule has 0 bridgehead atoms. The van der Waals surface area contributed by atoms with Gasteiger partial charge in [-0.3, -0.25) is 13.9 Å². The Bertz CT molecular complexity index is 1460. The van der Waals surface area contributed by atoms with Gasteiger partial charge in [0.2, 0.25) is 11.8 Å². The Morgan fingerprint density at radius 1 is 1.00 bits per heavy atom. The second kappa shape index (κ2) is 14.2. The number of carbonyl (C=O) groups excluding carboxylic acids is 2. The lowest BCUT2D eigenvalue weighted by molar-refractivity contribution is -0.139. The van der Waals surface area contributed by atoms with Crippen LogP contribution in [0.15, 0.2) is 82.2 Å². The van der Waals surface area contributed by atoms with Crippen molar-refractivity contribution in [1.82, 2.24) is 10.2 Å². The lowest BCUT2D eigenvalue weighted by atomic mass is 10.1. The molecule has 1 fully saturated rings. The maximum atomic E-state index is 14.0. The van der Waals surface area contributed by atoms with Gasteiger partial charge in [-0.1, -0.05) is 40.9 Å². The molecule has 224 valence electrons. The second-order valence-corrected chi connectivity index (χ2v) is 13.0. The molecule has 0 aliphatic heterocycles. The number of rotatable bonds is 12. The van der Waals surface area contributed by atoms with Crippen molar-refractivity contribution in [2.24, 2.45) is 0 Å². The Morgan fingerprint density at radius 3 is 2.21 bits per heavy atom. The van der Waals surface area contributed by atoms with Gasteiger partial charge in [0.05, 0.1) is 17.2 Å². The van der Waals surface area contributed by atoms with E-state index in [1.807, 2.05) is 31.2 Å². The third-order valence-corrected chi connectivity index (χ3v) is 9.57. The molecule has 0 spiro atoms. The first-order valence-corrected chi connectivity index (χ1v) is 16.2. The molecule has 0 saturated heterocycles. The molecule has 0 radical (unpaired) electrons. The highest BCUT2D eigenvalue weighted by atomic mass is 79.9. The number of hydrogen-bond donors (Lipinski definition) is 1. The number of sulfonamides is 1. The average Bonchev–Trinajstić information content (AvgIpc) is 3.49. The standard InChI is InChI=1S/C31H35BrFN3O5S/c1-3-41-28-16-18-29(19-17-28)42(39,40)36(27-14-12-25(33)13-15-27)21-30(37)35(20-23-8-10-24(32)11-9-23)22(2)31(38)34-26-6-4-5-7-26/h8-19,22,26H,3-7,20-21H2,1-2H3,(H,34,38). The summed E-state index contributed by atoms with van der Waals surface area (Å²) in [6.07, 6.45) is 3.85. The van der Waals surface area contributed by atoms with E-state index in [0.717, 1.165) is 52.2 Å². The minimum absolute atomic E-state index is 0.0559. The van der Waals surface area contributed by atoms with Gasteiger partial charge in [-0.05, 0) is 92.9 Å². The van der Waals surface area contributed by atoms with E-state index < -0.39 is 34.3 Å². The molecule has 1 N–H and O–H groups in total. The number of ether oxygens (including phenoxy) is 1. The third kappa shape index (κ3) is 7.89. The van der Waals surface area contributed by atoms with Crippen LogP contribution in [-0.2, 0) is 26.2 Å². The fraction of sp³-hybridized carbons (Fsp3) is 0.355. The number of hydrogen-bond acceptors (Lipinski definition) is 5. The lowest BCUT2D eigenvalue weighted by Crippen LogP contribution is -2.52. The Balaban J connectivity index is 1.67. The summed E-state index contributed by atoms with van der Waals surface area (Å²) >= 11 is 3.41. The van der Waals surface area contributed by atoms with Crippen molar-refractivity contribution in [2.75, 3.05) is 17.5 Å². The van der Waals surface area contributed by atoms with Crippen LogP contribution < -0.4 is 14.4 Å². The minimum Gasteiger partial charge on any atom is -0.494 e. The largest absolute Gasteiger partial charge is 0.494 e. The van der Waals surface area contributed by atoms with Gasteiger partial charge in [0.25, 0.3) is 10.0 Å². The maximum absolute atomic E-state index is 14.0. The van der Waals surface area contributed by atoms with Gasteiger partial charge in [-0.2, -0.15) is 0 Å². The molecule has 0 aromatic heterocycles. The topological polar surface area (TPSA) is 96.0 Å². The van der Waals surface area contributed by atoms with Crippen LogP contribution in [0.3, 0.4) is 0 Å². The molecule has 0 heterocycles. The van der Waals surface area contributed by atoms with E-state index in [1.54, 1.807) is 6.92 Å². The fourth-order valence-electron chi connectivity index (χ4n) is 4.90. The van der Waals surface area contributed by atoms with E-state index in [0.29, 0.717) is 12.4 Å². The molecule has 3 aromatic rings. The molecule has 2 amide bonds. The van der Waals surface area contributed by atoms with Crippen molar-refractivity contribution in [3.63, 3.8) is 0 Å². The Hall–Kier alpha value is -3.44. The number of nitrogens with zero attached hydrogens (tertiary/aromatic N) is 2. The highest BCUT2D eigenvalue weighted by molar-refractivity contribution is 9.10. The summed E-state index contributed by atoms with van der Waals surface area (Å²) in [5, 5.41) is 3.05. The zero-order valence-corrected chi connectivity index (χ0v) is 26.0. The molecule has 11 heteroatoms. The number of nitrogens with one attached hydrogen (secondary N) is 1. The number of halogens is 2. The highest BCUT2D eigenvalue weighted by Crippen LogP contribution is 2.27. The molecule has 4 rings (SSSR count). The van der Waals surface area contributed by atoms with E-state index in [1.165, 1.54) is 41.3 Å². The van der Waals surface area contributed by atoms with Gasteiger partial charge < -0.3 is 15.0 Å². The predicted molar refractivity (Wildman–Crippen MR) is 163 cm³/mol. The van der Waals surface area contributed by atoms with Gasteiger partial charge in [0.1, 0.15) is 24.2 Å². The molecule has 1 atom stereocenters. The van der Waals surface area contributed by atoms with Crippen molar-refractivity contribution in [3.05, 3.63) is 88.6 Å². The molecule has 1 aliphatic rings. The first kappa shape index (κ1) is 31.5. The summed E-state index contributed by atoms with van der Waals surface area (Å²) in [5.74, 6) is -0.915. The number of amides is 2. The first-order valence-electron chi connectivity index (χ1n) is 13.9. The summed E-state index contributed by atoms with van der Waals surface area (Å²) in [5.41, 5.74) is 0.889. The van der Waals surface area contributed by atoms with E-state index >= 15 is 0 Å². The number of benzene rings is 3. The molecule has 8 nitrogen and oxygen atoms in total. The first-order chi connectivity index (χ1) is 20.1. The monoisotopic (exact) mass is 659 g/mol. The van der Waals surface area contributed by atoms with Crippen LogP contribution in [0, 0.1) is 5.82 Å². The van der Waals surface area contributed by atoms with Gasteiger partial charge in [-0.15, -0.1) is 0 Å². The molecule has 1 unspecified atom stereocenters. The highest BCUT2D eigenvalue weighted by Gasteiger charge is 2.33. The van der Waals surface area contributed by atoms with Crippen LogP contribution >= 0.6 is 15.9 Å². The summed E-state index contributed by atoms with van der Waals surface area (Å²) in [6.45, 7) is 3.37. The number of carbonyl (C=O) groups is 2. The second-order valence-electron chi connectivity index (χ2n) is 10.2. The smallest absolute Gasteiger partial charge is 0.264 e. The molecule has 42 heavy (non-hydrogen) atoms. The van der Waals surface area contributed by atoms with Crippen LogP contribution in [0.25, 0.3) is 0 Å². The minimum atomic E-state index is -4.27. The molecule has 1 saturated carbocycles. The Morgan fingerprint density at radius 2 is 1.62 bits per heavy atom. The molecular weight excluding hydrogens is 625 g/mol. The molecule has 1 aliphatic carbocycles. The van der Waals surface area contributed by atoms with Crippen molar-refractivity contribution in [3.8, 4) is 5.75 Å². The van der Waals surface area contributed by atoms with Crippen LogP contribution in [0.2, 0.25) is 0 Å². The zero-order valence-electron chi connectivity index (χ0n) is 23.6. The quantitative estimate of drug-likeness (QED) is 0.271. The third-order valence-electron chi connectivity index (χ3n) is 7.25. The van der Waals surface area contributed by atoms with Crippen molar-refractivity contribution < 1.29 is 27.1 Å². The summed E-state index contributed by atoms with van der Waals surface area (Å²) < 4.78 is 48.9. The van der Waals surface area contributed by atoms with Crippen LogP contribution in [-0.4, -0.2) is 50.4 Å². The summed E-state index contributed by atoms with van der Waals surface area (Å²) in [6, 6.07) is 17.3. The lowest BCUT2D eigenvalue weighted by Gasteiger charge is -2.32. The van der Waals surface area contributed by atoms with E-state index in [-0.39, 0.29) is 29.1 Å². The Labute approximate surface area is 255 Å². The van der Waals surface area contributed by atoms with Crippen molar-refractivity contribution in [2.45, 2.75) is 63.1 Å². The van der Waals surface area contributed by atoms with E-state index in [2.05, 4.69) is 21.2 Å². The Kier molecular flexibility index (Phi) is 10.6. The van der Waals surface area contributed by atoms with Gasteiger partial charge in [-0.25, -0.2) is 12.8 Å². The summed E-state index contributed by atoms with van der Waals surface area (Å²) in [4.78, 5) is 28.6. The predicted octanol–water partition coefficient (Wildman–Crippen LogP) is 5.66. The average molecular weight is 661 g/mol. The van der Waals surface area contributed by atoms with Crippen molar-refractivity contribution >= 4 is 43.5 Å². The van der Waals surface area contributed by atoms with Crippen LogP contribution in [0.5, 0.6) is 5.75 Å². The SMILES string of the molecule is CCOc1ccc(S(=O)(=O)N(CC(=O)N(Cc2ccc(Br)cc2)C(C)C(=O)NC2CCCC2)c2ccc(F)cc2)cc1. The normalized spacial score (nSPS) is 14.3. The van der Waals surface area contributed by atoms with E-state index in [9.17, 15) is 22.4 Å². The fourth-order valence-corrected chi connectivity index (χ4v) is 6.58. The van der Waals surface area contributed by atoms with E-state index in [4.69, 9.17) is 4.74 Å². The van der Waals surface area contributed by atoms with Gasteiger partial charge in [0.15, 0.2) is 0 Å².